The lowest BCUT2D eigenvalue weighted by Crippen LogP contribution is -2.10. The number of benzene rings is 1. The molecule has 0 unspecified atom stereocenters. The molecule has 0 radical (unpaired) electrons. The van der Waals surface area contributed by atoms with Crippen molar-refractivity contribution >= 4 is 28.9 Å². The molecule has 1 aromatic carbocycles. The van der Waals surface area contributed by atoms with Crippen molar-refractivity contribution in [3.05, 3.63) is 40.1 Å². The fourth-order valence-corrected chi connectivity index (χ4v) is 2.28. The zero-order chi connectivity index (χ0) is 14.7. The maximum absolute atomic E-state index is 11.9. The van der Waals surface area contributed by atoms with Crippen LogP contribution in [0.25, 0.3) is 0 Å². The summed E-state index contributed by atoms with van der Waals surface area (Å²) in [4.78, 5) is 23.1. The minimum absolute atomic E-state index is 0.221. The van der Waals surface area contributed by atoms with Crippen LogP contribution in [-0.2, 0) is 0 Å². The Morgan fingerprint density at radius 2 is 2.05 bits per heavy atom. The standard InChI is InChI=1S/C13H11NO5S/c1-19-8-5-11(20-6-8)12(16)14-7-2-3-9(13(17)18)10(15)4-7/h2-6,15H,1H3,(H,14,16)(H,17,18). The van der Waals surface area contributed by atoms with Crippen LogP contribution in [0.15, 0.2) is 29.6 Å². The number of hydrogen-bond acceptors (Lipinski definition) is 5. The summed E-state index contributed by atoms with van der Waals surface area (Å²) in [5.74, 6) is -1.41. The van der Waals surface area contributed by atoms with Gasteiger partial charge in [0, 0.05) is 23.2 Å². The minimum Gasteiger partial charge on any atom is -0.507 e. The van der Waals surface area contributed by atoms with Crippen LogP contribution >= 0.6 is 11.3 Å². The molecular formula is C13H11NO5S. The van der Waals surface area contributed by atoms with Gasteiger partial charge in [0.15, 0.2) is 0 Å². The first kappa shape index (κ1) is 13.9. The van der Waals surface area contributed by atoms with Gasteiger partial charge < -0.3 is 20.3 Å². The number of aromatic carboxylic acids is 1. The molecule has 2 aromatic rings. The van der Waals surface area contributed by atoms with Crippen molar-refractivity contribution in [3.8, 4) is 11.5 Å². The highest BCUT2D eigenvalue weighted by Crippen LogP contribution is 2.25. The molecule has 0 saturated carbocycles. The first-order valence-electron chi connectivity index (χ1n) is 5.51. The predicted octanol–water partition coefficient (Wildman–Crippen LogP) is 2.41. The largest absolute Gasteiger partial charge is 0.507 e. The summed E-state index contributed by atoms with van der Waals surface area (Å²) in [7, 11) is 1.51. The number of hydrogen-bond donors (Lipinski definition) is 3. The third kappa shape index (κ3) is 2.89. The molecule has 0 spiro atoms. The Balaban J connectivity index is 2.15. The third-order valence-electron chi connectivity index (χ3n) is 2.52. The molecule has 0 fully saturated rings. The maximum atomic E-state index is 11.9. The van der Waals surface area contributed by atoms with Crippen molar-refractivity contribution in [1.82, 2.24) is 0 Å². The zero-order valence-electron chi connectivity index (χ0n) is 10.4. The third-order valence-corrected chi connectivity index (χ3v) is 3.43. The van der Waals surface area contributed by atoms with Crippen LogP contribution in [-0.4, -0.2) is 29.2 Å². The summed E-state index contributed by atoms with van der Waals surface area (Å²) >= 11 is 1.22. The number of carbonyl (C=O) groups excluding carboxylic acids is 1. The number of phenols is 1. The molecule has 0 aliphatic heterocycles. The Labute approximate surface area is 118 Å². The van der Waals surface area contributed by atoms with E-state index in [0.717, 1.165) is 0 Å². The van der Waals surface area contributed by atoms with E-state index in [2.05, 4.69) is 5.32 Å². The minimum atomic E-state index is -1.23. The molecule has 2 rings (SSSR count). The quantitative estimate of drug-likeness (QED) is 0.804. The van der Waals surface area contributed by atoms with Gasteiger partial charge in [-0.15, -0.1) is 11.3 Å². The van der Waals surface area contributed by atoms with Gasteiger partial charge >= 0.3 is 5.97 Å². The first-order valence-corrected chi connectivity index (χ1v) is 6.39. The van der Waals surface area contributed by atoms with Crippen LogP contribution in [0.2, 0.25) is 0 Å². The molecule has 0 saturated heterocycles. The van der Waals surface area contributed by atoms with Crippen LogP contribution in [0.5, 0.6) is 11.5 Å². The number of carboxylic acids is 1. The Morgan fingerprint density at radius 3 is 2.60 bits per heavy atom. The first-order chi connectivity index (χ1) is 9.51. The average molecular weight is 293 g/mol. The Bertz CT molecular complexity index is 665. The highest BCUT2D eigenvalue weighted by molar-refractivity contribution is 7.12. The molecule has 0 atom stereocenters. The lowest BCUT2D eigenvalue weighted by Gasteiger charge is -2.05. The zero-order valence-corrected chi connectivity index (χ0v) is 11.2. The molecule has 104 valence electrons. The lowest BCUT2D eigenvalue weighted by molar-refractivity contribution is 0.0693. The molecule has 1 heterocycles. The van der Waals surface area contributed by atoms with Gasteiger partial charge in [0.2, 0.25) is 0 Å². The number of rotatable bonds is 4. The Hall–Kier alpha value is -2.54. The topological polar surface area (TPSA) is 95.9 Å². The molecular weight excluding hydrogens is 282 g/mol. The van der Waals surface area contributed by atoms with E-state index in [1.54, 1.807) is 11.4 Å². The number of carbonyl (C=O) groups is 2. The summed E-state index contributed by atoms with van der Waals surface area (Å²) in [6.45, 7) is 0. The van der Waals surface area contributed by atoms with Crippen molar-refractivity contribution in [2.75, 3.05) is 12.4 Å². The highest BCUT2D eigenvalue weighted by Gasteiger charge is 2.13. The summed E-state index contributed by atoms with van der Waals surface area (Å²) in [6.07, 6.45) is 0. The smallest absolute Gasteiger partial charge is 0.339 e. The molecule has 3 N–H and O–H groups in total. The van der Waals surface area contributed by atoms with Crippen molar-refractivity contribution < 1.29 is 24.5 Å². The van der Waals surface area contributed by atoms with Crippen molar-refractivity contribution in [2.24, 2.45) is 0 Å². The Kier molecular flexibility index (Phi) is 3.90. The van der Waals surface area contributed by atoms with E-state index in [1.807, 2.05) is 0 Å². The molecule has 6 nitrogen and oxygen atoms in total. The average Bonchev–Trinajstić information content (AvgIpc) is 2.87. The molecule has 1 amide bonds. The van der Waals surface area contributed by atoms with Gasteiger partial charge in [-0.25, -0.2) is 4.79 Å². The molecule has 0 aliphatic carbocycles. The van der Waals surface area contributed by atoms with Gasteiger partial charge in [-0.1, -0.05) is 0 Å². The van der Waals surface area contributed by atoms with Gasteiger partial charge in [0.25, 0.3) is 5.91 Å². The van der Waals surface area contributed by atoms with Gasteiger partial charge in [-0.2, -0.15) is 0 Å². The van der Waals surface area contributed by atoms with Crippen molar-refractivity contribution in [2.45, 2.75) is 0 Å². The molecule has 7 heteroatoms. The number of thiophene rings is 1. The molecule has 1 aromatic heterocycles. The number of anilines is 1. The second-order valence-corrected chi connectivity index (χ2v) is 4.75. The van der Waals surface area contributed by atoms with Crippen molar-refractivity contribution in [1.29, 1.82) is 0 Å². The highest BCUT2D eigenvalue weighted by atomic mass is 32.1. The van der Waals surface area contributed by atoms with E-state index < -0.39 is 11.7 Å². The number of aromatic hydroxyl groups is 1. The van der Waals surface area contributed by atoms with E-state index >= 15 is 0 Å². The van der Waals surface area contributed by atoms with Crippen molar-refractivity contribution in [3.63, 3.8) is 0 Å². The summed E-state index contributed by atoms with van der Waals surface area (Å²) in [6, 6.07) is 5.41. The summed E-state index contributed by atoms with van der Waals surface area (Å²) in [5, 5.41) is 22.6. The number of methoxy groups -OCH3 is 1. The monoisotopic (exact) mass is 293 g/mol. The van der Waals surface area contributed by atoms with E-state index in [0.29, 0.717) is 16.3 Å². The van der Waals surface area contributed by atoms with Crippen LogP contribution in [0, 0.1) is 0 Å². The predicted molar refractivity (Wildman–Crippen MR) is 73.9 cm³/mol. The van der Waals surface area contributed by atoms with Gasteiger partial charge in [0.1, 0.15) is 17.1 Å². The van der Waals surface area contributed by atoms with Crippen LogP contribution in [0.4, 0.5) is 5.69 Å². The van der Waals surface area contributed by atoms with Gasteiger partial charge in [-0.05, 0) is 12.1 Å². The SMILES string of the molecule is COc1csc(C(=O)Nc2ccc(C(=O)O)c(O)c2)c1. The number of amides is 1. The summed E-state index contributed by atoms with van der Waals surface area (Å²) in [5.41, 5.74) is 0.0886. The van der Waals surface area contributed by atoms with Gasteiger partial charge in [0.05, 0.1) is 12.0 Å². The van der Waals surface area contributed by atoms with Gasteiger partial charge in [-0.3, -0.25) is 4.79 Å². The molecule has 20 heavy (non-hydrogen) atoms. The fourth-order valence-electron chi connectivity index (χ4n) is 1.53. The number of nitrogens with one attached hydrogen (secondary N) is 1. The van der Waals surface area contributed by atoms with E-state index in [-0.39, 0.29) is 11.5 Å². The summed E-state index contributed by atoms with van der Waals surface area (Å²) < 4.78 is 4.98. The Morgan fingerprint density at radius 1 is 1.30 bits per heavy atom. The number of carboxylic acid groups (broad SMARTS) is 1. The van der Waals surface area contributed by atoms with E-state index in [4.69, 9.17) is 9.84 Å². The van der Waals surface area contributed by atoms with Crippen LogP contribution in [0.3, 0.4) is 0 Å². The van der Waals surface area contributed by atoms with Crippen LogP contribution in [0.1, 0.15) is 20.0 Å². The van der Waals surface area contributed by atoms with Crippen LogP contribution < -0.4 is 10.1 Å². The number of ether oxygens (including phenoxy) is 1. The fraction of sp³-hybridized carbons (Fsp3) is 0.0769. The normalized spacial score (nSPS) is 10.1. The second-order valence-electron chi connectivity index (χ2n) is 3.84. The second kappa shape index (κ2) is 5.62. The molecule has 0 aliphatic rings. The van der Waals surface area contributed by atoms with E-state index in [9.17, 15) is 14.7 Å². The lowest BCUT2D eigenvalue weighted by atomic mass is 10.2. The molecule has 0 bridgehead atoms. The maximum Gasteiger partial charge on any atom is 0.339 e. The van der Waals surface area contributed by atoms with E-state index in [1.165, 1.54) is 36.6 Å².